The summed E-state index contributed by atoms with van der Waals surface area (Å²) in [5.41, 5.74) is 5.34. The molecule has 0 atom stereocenters. The zero-order valence-corrected chi connectivity index (χ0v) is 14.9. The molecule has 2 aliphatic carbocycles. The number of hydrogen-bond donors (Lipinski definition) is 1. The number of ether oxygens (including phenoxy) is 1. The highest BCUT2D eigenvalue weighted by Crippen LogP contribution is 2.62. The SMILES string of the molecule is Nc1ccnn1CC(=O)N1CC2(C1)CN(C(=O)C1(C3CC3)CC1)CCO2. The van der Waals surface area contributed by atoms with E-state index in [-0.39, 0.29) is 17.9 Å². The molecule has 2 aliphatic heterocycles. The first kappa shape index (κ1) is 16.1. The minimum absolute atomic E-state index is 0.0188. The van der Waals surface area contributed by atoms with Gasteiger partial charge in [-0.2, -0.15) is 5.10 Å². The third-order valence-corrected chi connectivity index (χ3v) is 6.45. The number of amides is 2. The van der Waals surface area contributed by atoms with E-state index >= 15 is 0 Å². The standard InChI is InChI=1S/C18H25N5O3/c19-14-3-6-20-23(14)9-15(24)22-11-17(12-22)10-21(7-8-26-17)16(25)18(4-5-18)13-1-2-13/h3,6,13H,1-2,4-5,7-12,19H2. The predicted molar refractivity (Wildman–Crippen MR) is 92.9 cm³/mol. The highest BCUT2D eigenvalue weighted by molar-refractivity contribution is 5.86. The van der Waals surface area contributed by atoms with Gasteiger partial charge in [-0.3, -0.25) is 9.59 Å². The number of nitrogens with two attached hydrogens (primary N) is 1. The maximum atomic E-state index is 13.0. The summed E-state index contributed by atoms with van der Waals surface area (Å²) in [6.07, 6.45) is 6.11. The summed E-state index contributed by atoms with van der Waals surface area (Å²) < 4.78 is 7.49. The number of rotatable bonds is 4. The summed E-state index contributed by atoms with van der Waals surface area (Å²) >= 11 is 0. The van der Waals surface area contributed by atoms with Crippen molar-refractivity contribution in [2.45, 2.75) is 37.8 Å². The Morgan fingerprint density at radius 1 is 1.23 bits per heavy atom. The zero-order valence-electron chi connectivity index (χ0n) is 14.9. The Morgan fingerprint density at radius 2 is 1.96 bits per heavy atom. The van der Waals surface area contributed by atoms with Crippen LogP contribution >= 0.6 is 0 Å². The number of morpholine rings is 1. The number of carbonyl (C=O) groups is 2. The van der Waals surface area contributed by atoms with Crippen molar-refractivity contribution >= 4 is 17.6 Å². The smallest absolute Gasteiger partial charge is 0.244 e. The molecule has 1 spiro atoms. The van der Waals surface area contributed by atoms with Gasteiger partial charge in [-0.25, -0.2) is 4.68 Å². The van der Waals surface area contributed by atoms with Crippen molar-refractivity contribution in [1.82, 2.24) is 19.6 Å². The van der Waals surface area contributed by atoms with Crippen molar-refractivity contribution in [2.75, 3.05) is 38.5 Å². The minimum Gasteiger partial charge on any atom is -0.384 e. The van der Waals surface area contributed by atoms with Crippen molar-refractivity contribution in [2.24, 2.45) is 11.3 Å². The summed E-state index contributed by atoms with van der Waals surface area (Å²) in [4.78, 5) is 29.2. The van der Waals surface area contributed by atoms with Gasteiger partial charge in [-0.15, -0.1) is 0 Å². The van der Waals surface area contributed by atoms with Crippen molar-refractivity contribution in [1.29, 1.82) is 0 Å². The molecule has 0 radical (unpaired) electrons. The quantitative estimate of drug-likeness (QED) is 0.823. The van der Waals surface area contributed by atoms with Crippen LogP contribution in [0.25, 0.3) is 0 Å². The van der Waals surface area contributed by atoms with Crippen LogP contribution < -0.4 is 5.73 Å². The molecule has 26 heavy (non-hydrogen) atoms. The van der Waals surface area contributed by atoms with Crippen molar-refractivity contribution in [3.05, 3.63) is 12.3 Å². The van der Waals surface area contributed by atoms with Crippen LogP contribution in [0.3, 0.4) is 0 Å². The molecule has 2 amide bonds. The van der Waals surface area contributed by atoms with Crippen LogP contribution in [0, 0.1) is 11.3 Å². The van der Waals surface area contributed by atoms with Crippen molar-refractivity contribution in [3.63, 3.8) is 0 Å². The lowest BCUT2D eigenvalue weighted by Crippen LogP contribution is -2.72. The monoisotopic (exact) mass is 359 g/mol. The van der Waals surface area contributed by atoms with Crippen LogP contribution in [0.2, 0.25) is 0 Å². The van der Waals surface area contributed by atoms with Crippen molar-refractivity contribution in [3.8, 4) is 0 Å². The first-order valence-electron chi connectivity index (χ1n) is 9.50. The topological polar surface area (TPSA) is 93.7 Å². The van der Waals surface area contributed by atoms with Gasteiger partial charge in [0.1, 0.15) is 18.0 Å². The van der Waals surface area contributed by atoms with Gasteiger partial charge in [0.05, 0.1) is 37.9 Å². The maximum Gasteiger partial charge on any atom is 0.244 e. The molecular formula is C18H25N5O3. The Morgan fingerprint density at radius 3 is 2.58 bits per heavy atom. The molecule has 2 N–H and O–H groups in total. The molecule has 2 saturated carbocycles. The van der Waals surface area contributed by atoms with E-state index in [9.17, 15) is 9.59 Å². The Labute approximate surface area is 152 Å². The van der Waals surface area contributed by atoms with Gasteiger partial charge in [-0.05, 0) is 37.7 Å². The zero-order chi connectivity index (χ0) is 17.9. The predicted octanol–water partition coefficient (Wildman–Crippen LogP) is 0.0953. The molecule has 5 rings (SSSR count). The summed E-state index contributed by atoms with van der Waals surface area (Å²) in [6.45, 7) is 3.05. The molecule has 4 fully saturated rings. The van der Waals surface area contributed by atoms with Gasteiger partial charge in [0.15, 0.2) is 0 Å². The average Bonchev–Trinajstić information content (AvgIpc) is 3.51. The fourth-order valence-electron chi connectivity index (χ4n) is 4.62. The average molecular weight is 359 g/mol. The molecule has 3 heterocycles. The van der Waals surface area contributed by atoms with E-state index in [0.29, 0.717) is 50.4 Å². The van der Waals surface area contributed by atoms with E-state index in [1.807, 2.05) is 4.90 Å². The normalized spacial score (nSPS) is 25.8. The lowest BCUT2D eigenvalue weighted by molar-refractivity contribution is -0.196. The molecule has 0 bridgehead atoms. The molecule has 0 aromatic carbocycles. The van der Waals surface area contributed by atoms with Gasteiger partial charge in [-0.1, -0.05) is 0 Å². The van der Waals surface area contributed by atoms with Gasteiger partial charge in [0.25, 0.3) is 0 Å². The largest absolute Gasteiger partial charge is 0.384 e. The minimum atomic E-state index is -0.390. The molecule has 1 aromatic rings. The first-order chi connectivity index (χ1) is 12.5. The number of carbonyl (C=O) groups excluding carboxylic acids is 2. The summed E-state index contributed by atoms with van der Waals surface area (Å²) in [7, 11) is 0. The van der Waals surface area contributed by atoms with Crippen molar-refractivity contribution < 1.29 is 14.3 Å². The Bertz CT molecular complexity index is 746. The van der Waals surface area contributed by atoms with Gasteiger partial charge < -0.3 is 20.3 Å². The van der Waals surface area contributed by atoms with Gasteiger partial charge in [0.2, 0.25) is 11.8 Å². The molecule has 2 saturated heterocycles. The fraction of sp³-hybridized carbons (Fsp3) is 0.722. The number of hydrogen-bond acceptors (Lipinski definition) is 5. The third-order valence-electron chi connectivity index (χ3n) is 6.45. The lowest BCUT2D eigenvalue weighted by atomic mass is 9.90. The number of anilines is 1. The summed E-state index contributed by atoms with van der Waals surface area (Å²) in [5, 5.41) is 4.05. The highest BCUT2D eigenvalue weighted by atomic mass is 16.5. The van der Waals surface area contributed by atoms with Crippen LogP contribution in [-0.4, -0.2) is 69.8 Å². The highest BCUT2D eigenvalue weighted by Gasteiger charge is 2.61. The molecule has 8 nitrogen and oxygen atoms in total. The summed E-state index contributed by atoms with van der Waals surface area (Å²) in [5.74, 6) is 1.41. The van der Waals surface area contributed by atoms with E-state index in [1.54, 1.807) is 17.2 Å². The number of aromatic nitrogens is 2. The molecule has 1 aromatic heterocycles. The number of likely N-dealkylation sites (tertiary alicyclic amines) is 1. The summed E-state index contributed by atoms with van der Waals surface area (Å²) in [6, 6.07) is 1.67. The van der Waals surface area contributed by atoms with Crippen LogP contribution in [0.15, 0.2) is 12.3 Å². The van der Waals surface area contributed by atoms with Gasteiger partial charge in [0, 0.05) is 6.54 Å². The molecule has 4 aliphatic rings. The Kier molecular flexibility index (Phi) is 3.38. The molecule has 0 unspecified atom stereocenters. The number of nitrogen functional groups attached to an aromatic ring is 1. The number of nitrogens with zero attached hydrogens (tertiary/aromatic N) is 4. The van der Waals surface area contributed by atoms with Gasteiger partial charge >= 0.3 is 0 Å². The van der Waals surface area contributed by atoms with E-state index < -0.39 is 5.60 Å². The Hall–Kier alpha value is -2.09. The van der Waals surface area contributed by atoms with E-state index in [1.165, 1.54) is 17.5 Å². The fourth-order valence-corrected chi connectivity index (χ4v) is 4.62. The second-order valence-electron chi connectivity index (χ2n) is 8.35. The van der Waals surface area contributed by atoms with Crippen LogP contribution in [0.5, 0.6) is 0 Å². The third kappa shape index (κ3) is 2.50. The molecular weight excluding hydrogens is 334 g/mol. The molecule has 140 valence electrons. The second kappa shape index (κ2) is 5.45. The molecule has 8 heteroatoms. The maximum absolute atomic E-state index is 13.0. The Balaban J connectivity index is 1.19. The first-order valence-corrected chi connectivity index (χ1v) is 9.50. The lowest BCUT2D eigenvalue weighted by Gasteiger charge is -2.54. The van der Waals surface area contributed by atoms with E-state index in [4.69, 9.17) is 10.5 Å². The van der Waals surface area contributed by atoms with Crippen LogP contribution in [-0.2, 0) is 20.9 Å². The van der Waals surface area contributed by atoms with E-state index in [2.05, 4.69) is 5.10 Å². The van der Waals surface area contributed by atoms with E-state index in [0.717, 1.165) is 12.8 Å². The van der Waals surface area contributed by atoms with Crippen LogP contribution in [0.4, 0.5) is 5.82 Å². The second-order valence-corrected chi connectivity index (χ2v) is 8.35. The van der Waals surface area contributed by atoms with Crippen LogP contribution in [0.1, 0.15) is 25.7 Å².